The standard InChI is InChI=1S/C9H22B/c1-5-6-7-8-9-10(2,3)4/h5-9H2,1-4H3/q-1. The zero-order valence-electron chi connectivity index (χ0n) is 8.11. The lowest BCUT2D eigenvalue weighted by molar-refractivity contribution is 0.697. The Labute approximate surface area is 66.3 Å². The topological polar surface area (TPSA) is 0 Å². The molecule has 0 aromatic rings. The maximum absolute atomic E-state index is 2.38. The van der Waals surface area contributed by atoms with Crippen LogP contribution in [0.4, 0.5) is 0 Å². The lowest BCUT2D eigenvalue weighted by Gasteiger charge is -2.22. The van der Waals surface area contributed by atoms with Gasteiger partial charge in [0.05, 0.1) is 0 Å². The van der Waals surface area contributed by atoms with E-state index in [1.54, 1.807) is 0 Å². The van der Waals surface area contributed by atoms with E-state index in [1.165, 1.54) is 32.0 Å². The molecule has 0 aromatic heterocycles. The first kappa shape index (κ1) is 10.1. The molecule has 0 unspecified atom stereocenters. The Hall–Kier alpha value is 0.0649. The Morgan fingerprint density at radius 3 is 1.90 bits per heavy atom. The highest BCUT2D eigenvalue weighted by atomic mass is 13.9. The summed E-state index contributed by atoms with van der Waals surface area (Å²) in [5.41, 5.74) is 0. The van der Waals surface area contributed by atoms with Crippen molar-refractivity contribution in [1.82, 2.24) is 0 Å². The summed E-state index contributed by atoms with van der Waals surface area (Å²) in [6.07, 6.45) is 7.09. The highest BCUT2D eigenvalue weighted by Crippen LogP contribution is 2.14. The van der Waals surface area contributed by atoms with Crippen LogP contribution in [-0.4, -0.2) is 6.15 Å². The molecule has 1 heteroatoms. The van der Waals surface area contributed by atoms with E-state index in [-0.39, 0.29) is 6.15 Å². The summed E-state index contributed by atoms with van der Waals surface area (Å²) in [5.74, 6) is 0. The van der Waals surface area contributed by atoms with Crippen molar-refractivity contribution in [3.8, 4) is 0 Å². The van der Waals surface area contributed by atoms with Crippen molar-refractivity contribution < 1.29 is 0 Å². The molecule has 0 aliphatic carbocycles. The summed E-state index contributed by atoms with van der Waals surface area (Å²) in [4.78, 5) is 0. The zero-order chi connectivity index (χ0) is 8.04. The smallest absolute Gasteiger partial charge is 0.00850 e. The second-order valence-corrected chi connectivity index (χ2v) is 4.81. The lowest BCUT2D eigenvalue weighted by atomic mass is 9.28. The van der Waals surface area contributed by atoms with Crippen LogP contribution < -0.4 is 0 Å². The molecule has 10 heavy (non-hydrogen) atoms. The van der Waals surface area contributed by atoms with Crippen LogP contribution >= 0.6 is 0 Å². The van der Waals surface area contributed by atoms with Crippen molar-refractivity contribution in [3.63, 3.8) is 0 Å². The minimum Gasteiger partial charge on any atom is -0.190 e. The predicted octanol–water partition coefficient (Wildman–Crippen LogP) is 3.90. The quantitative estimate of drug-likeness (QED) is 0.402. The molecule has 0 fully saturated rings. The van der Waals surface area contributed by atoms with E-state index in [0.29, 0.717) is 0 Å². The van der Waals surface area contributed by atoms with Crippen LogP contribution in [0.1, 0.15) is 32.6 Å². The van der Waals surface area contributed by atoms with Gasteiger partial charge >= 0.3 is 0 Å². The molecule has 0 N–H and O–H groups in total. The van der Waals surface area contributed by atoms with Gasteiger partial charge in [0.2, 0.25) is 0 Å². The third-order valence-electron chi connectivity index (χ3n) is 1.92. The normalized spacial score (nSPS) is 12.0. The Balaban J connectivity index is 3.04. The highest BCUT2D eigenvalue weighted by molar-refractivity contribution is 6.76. The van der Waals surface area contributed by atoms with E-state index in [9.17, 15) is 0 Å². The predicted molar refractivity (Wildman–Crippen MR) is 52.3 cm³/mol. The van der Waals surface area contributed by atoms with Crippen molar-refractivity contribution >= 4 is 6.15 Å². The monoisotopic (exact) mass is 141 g/mol. The van der Waals surface area contributed by atoms with Gasteiger partial charge in [-0.3, -0.25) is 0 Å². The third-order valence-corrected chi connectivity index (χ3v) is 1.92. The summed E-state index contributed by atoms with van der Waals surface area (Å²) in [7, 11) is 0. The van der Waals surface area contributed by atoms with E-state index < -0.39 is 0 Å². The van der Waals surface area contributed by atoms with Crippen molar-refractivity contribution in [3.05, 3.63) is 0 Å². The summed E-state index contributed by atoms with van der Waals surface area (Å²) in [5, 5.41) is 0. The molecule has 0 saturated heterocycles. The molecule has 62 valence electrons. The number of unbranched alkanes of at least 4 members (excludes halogenated alkanes) is 3. The minimum atomic E-state index is -0.0161. The minimum absolute atomic E-state index is 0.0161. The molecule has 0 amide bonds. The molecular formula is C9H22B-. The first-order chi connectivity index (χ1) is 4.56. The molecule has 0 aliphatic heterocycles. The molecule has 0 spiro atoms. The Morgan fingerprint density at radius 1 is 0.900 bits per heavy atom. The van der Waals surface area contributed by atoms with Gasteiger partial charge in [0.15, 0.2) is 0 Å². The molecule has 0 nitrogen and oxygen atoms in total. The van der Waals surface area contributed by atoms with Gasteiger partial charge in [0.25, 0.3) is 0 Å². The summed E-state index contributed by atoms with van der Waals surface area (Å²) in [6, 6.07) is 0. The second-order valence-electron chi connectivity index (χ2n) is 4.81. The van der Waals surface area contributed by atoms with Crippen molar-refractivity contribution in [1.29, 1.82) is 0 Å². The van der Waals surface area contributed by atoms with Crippen LogP contribution in [0.5, 0.6) is 0 Å². The van der Waals surface area contributed by atoms with Crippen molar-refractivity contribution in [2.45, 2.75) is 59.4 Å². The number of hydrogen-bond acceptors (Lipinski definition) is 0. The maximum Gasteiger partial charge on any atom is -0.00850 e. The van der Waals surface area contributed by atoms with Crippen LogP contribution in [-0.2, 0) is 0 Å². The fourth-order valence-electron chi connectivity index (χ4n) is 1.18. The zero-order valence-corrected chi connectivity index (χ0v) is 8.11. The molecule has 0 heterocycles. The molecule has 0 saturated carbocycles. The summed E-state index contributed by atoms with van der Waals surface area (Å²) in [6.45, 7) is 9.41. The first-order valence-electron chi connectivity index (χ1n) is 4.85. The molecule has 0 atom stereocenters. The van der Waals surface area contributed by atoms with Gasteiger partial charge < -0.3 is 0 Å². The SMILES string of the molecule is CCCCCC[B-](C)(C)C. The number of rotatable bonds is 5. The molecule has 0 aromatic carbocycles. The highest BCUT2D eigenvalue weighted by Gasteiger charge is 2.03. The van der Waals surface area contributed by atoms with Crippen LogP contribution in [0, 0.1) is 0 Å². The summed E-state index contributed by atoms with van der Waals surface area (Å²) < 4.78 is 0. The van der Waals surface area contributed by atoms with Gasteiger partial charge in [-0.1, -0.05) is 32.6 Å². The van der Waals surface area contributed by atoms with Crippen LogP contribution in [0.2, 0.25) is 26.8 Å². The largest absolute Gasteiger partial charge is 0.190 e. The fourth-order valence-corrected chi connectivity index (χ4v) is 1.18. The van der Waals surface area contributed by atoms with Crippen LogP contribution in [0.15, 0.2) is 0 Å². The van der Waals surface area contributed by atoms with Gasteiger partial charge in [-0.15, -0.1) is 0 Å². The lowest BCUT2D eigenvalue weighted by Crippen LogP contribution is -2.18. The Bertz CT molecular complexity index is 71.3. The maximum atomic E-state index is 2.38. The summed E-state index contributed by atoms with van der Waals surface area (Å²) >= 11 is 0. The third kappa shape index (κ3) is 8.06. The van der Waals surface area contributed by atoms with Crippen LogP contribution in [0.3, 0.4) is 0 Å². The molecule has 0 aliphatic rings. The number of hydrogen-bond donors (Lipinski definition) is 0. The van der Waals surface area contributed by atoms with E-state index in [4.69, 9.17) is 0 Å². The van der Waals surface area contributed by atoms with E-state index in [0.717, 1.165) is 0 Å². The van der Waals surface area contributed by atoms with Gasteiger partial charge in [0.1, 0.15) is 0 Å². The van der Waals surface area contributed by atoms with Gasteiger partial charge in [-0.25, -0.2) is 0 Å². The van der Waals surface area contributed by atoms with Gasteiger partial charge in [-0.05, 0) is 6.15 Å². The average molecular weight is 141 g/mol. The van der Waals surface area contributed by atoms with Crippen LogP contribution in [0.25, 0.3) is 0 Å². The molecular weight excluding hydrogens is 119 g/mol. The van der Waals surface area contributed by atoms with Crippen molar-refractivity contribution in [2.24, 2.45) is 0 Å². The van der Waals surface area contributed by atoms with Crippen molar-refractivity contribution in [2.75, 3.05) is 0 Å². The van der Waals surface area contributed by atoms with E-state index in [2.05, 4.69) is 27.4 Å². The Morgan fingerprint density at radius 2 is 1.50 bits per heavy atom. The van der Waals surface area contributed by atoms with E-state index >= 15 is 0 Å². The van der Waals surface area contributed by atoms with Gasteiger partial charge in [-0.2, -0.15) is 26.8 Å². The fraction of sp³-hybridized carbons (Fsp3) is 1.00. The molecule has 0 radical (unpaired) electrons. The molecule has 0 rings (SSSR count). The Kier molecular flexibility index (Phi) is 4.85. The molecule has 0 bridgehead atoms. The van der Waals surface area contributed by atoms with Gasteiger partial charge in [0, 0.05) is 0 Å². The second kappa shape index (κ2) is 4.82. The first-order valence-corrected chi connectivity index (χ1v) is 4.85. The van der Waals surface area contributed by atoms with E-state index in [1.807, 2.05) is 0 Å². The average Bonchev–Trinajstić information content (AvgIpc) is 1.78.